The predicted molar refractivity (Wildman–Crippen MR) is 133 cm³/mol. The summed E-state index contributed by atoms with van der Waals surface area (Å²) in [6.45, 7) is 21.3. The van der Waals surface area contributed by atoms with Crippen LogP contribution in [0.5, 0.6) is 0 Å². The summed E-state index contributed by atoms with van der Waals surface area (Å²) in [4.78, 5) is 0. The second-order valence-electron chi connectivity index (χ2n) is 7.86. The Morgan fingerprint density at radius 2 is 1.47 bits per heavy atom. The monoisotopic (exact) mass is 418 g/mol. The molecule has 1 fully saturated rings. The van der Waals surface area contributed by atoms with Crippen LogP contribution in [0, 0.1) is 11.8 Å². The number of hydrogen-bond acceptors (Lipinski definition) is 0. The average molecular weight is 419 g/mol. The van der Waals surface area contributed by atoms with Gasteiger partial charge in [-0.05, 0) is 70.1 Å². The average Bonchev–Trinajstić information content (AvgIpc) is 3.53. The van der Waals surface area contributed by atoms with Crippen LogP contribution < -0.4 is 0 Å². The lowest BCUT2D eigenvalue weighted by Gasteiger charge is -2.03. The fourth-order valence-electron chi connectivity index (χ4n) is 1.84. The quantitative estimate of drug-likeness (QED) is 0.258. The number of hydrogen-bond donors (Lipinski definition) is 0. The van der Waals surface area contributed by atoms with Gasteiger partial charge in [-0.1, -0.05) is 94.7 Å². The molecule has 1 rings (SSSR count). The van der Waals surface area contributed by atoms with Crippen molar-refractivity contribution in [1.82, 2.24) is 0 Å². The van der Waals surface area contributed by atoms with Gasteiger partial charge in [0.05, 0.1) is 5.83 Å². The molecule has 0 aromatic heterocycles. The van der Waals surface area contributed by atoms with E-state index >= 15 is 0 Å². The molecule has 0 aromatic rings. The second-order valence-corrected chi connectivity index (χ2v) is 7.86. The first kappa shape index (κ1) is 30.2. The summed E-state index contributed by atoms with van der Waals surface area (Å²) in [5.74, 6) is 0.166. The molecule has 0 aliphatic heterocycles. The zero-order chi connectivity index (χ0) is 23.5. The van der Waals surface area contributed by atoms with Gasteiger partial charge in [-0.15, -0.1) is 0 Å². The molecule has 0 aromatic carbocycles. The second kappa shape index (κ2) is 19.0. The third kappa shape index (κ3) is 20.8. The van der Waals surface area contributed by atoms with E-state index in [1.807, 2.05) is 13.8 Å². The van der Waals surface area contributed by atoms with Gasteiger partial charge in [-0.3, -0.25) is 0 Å². The zero-order valence-corrected chi connectivity index (χ0v) is 20.4. The molecule has 1 unspecified atom stereocenters. The molecule has 2 heteroatoms. The van der Waals surface area contributed by atoms with Crippen molar-refractivity contribution in [3.05, 3.63) is 84.1 Å². The molecular weight excluding hydrogens is 374 g/mol. The number of unbranched alkanes of at least 4 members (excludes halogenated alkanes) is 1. The zero-order valence-electron chi connectivity index (χ0n) is 20.4. The minimum absolute atomic E-state index is 0.00453. The van der Waals surface area contributed by atoms with Gasteiger partial charge in [0.25, 0.3) is 0 Å². The van der Waals surface area contributed by atoms with Crippen LogP contribution in [0.15, 0.2) is 84.1 Å². The van der Waals surface area contributed by atoms with E-state index < -0.39 is 0 Å². The maximum Gasteiger partial charge on any atom is 0.119 e. The van der Waals surface area contributed by atoms with Gasteiger partial charge >= 0.3 is 0 Å². The molecule has 1 aliphatic carbocycles. The van der Waals surface area contributed by atoms with Crippen molar-refractivity contribution in [2.75, 3.05) is 0 Å². The standard InChI is InChI=1S/C12H16F2.C12H18.C4H10/c1-9(2)10(3)8-12(14)7-5-6-11(4)13;1-4-10(2)6-5-7-11(3)12-8-9-12;1-3-4-2/h5-8,10H,1H2,2-4H3;5-7,12H,2,4,8-9H2,1,3H3;3-4H2,1-2H3/b7-5-,11-6-,12-8-;6-5-,11-7+;. The van der Waals surface area contributed by atoms with E-state index in [4.69, 9.17) is 0 Å². The Morgan fingerprint density at radius 3 is 1.87 bits per heavy atom. The molecule has 0 saturated heterocycles. The maximum atomic E-state index is 13.0. The van der Waals surface area contributed by atoms with Gasteiger partial charge in [0.15, 0.2) is 0 Å². The minimum Gasteiger partial charge on any atom is -0.212 e. The van der Waals surface area contributed by atoms with E-state index in [1.165, 1.54) is 68.1 Å². The summed E-state index contributed by atoms with van der Waals surface area (Å²) in [5.41, 5.74) is 3.62. The van der Waals surface area contributed by atoms with Gasteiger partial charge in [-0.2, -0.15) is 0 Å². The summed E-state index contributed by atoms with van der Waals surface area (Å²) in [6, 6.07) is 0. The molecule has 0 bridgehead atoms. The smallest absolute Gasteiger partial charge is 0.119 e. The van der Waals surface area contributed by atoms with Gasteiger partial charge < -0.3 is 0 Å². The highest BCUT2D eigenvalue weighted by Crippen LogP contribution is 2.35. The topological polar surface area (TPSA) is 0 Å². The first-order valence-corrected chi connectivity index (χ1v) is 11.1. The van der Waals surface area contributed by atoms with Gasteiger partial charge in [-0.25, -0.2) is 8.78 Å². The summed E-state index contributed by atoms with van der Waals surface area (Å²) < 4.78 is 25.2. The van der Waals surface area contributed by atoms with Crippen molar-refractivity contribution in [1.29, 1.82) is 0 Å². The first-order chi connectivity index (χ1) is 14.1. The molecule has 170 valence electrons. The van der Waals surface area contributed by atoms with E-state index in [-0.39, 0.29) is 17.6 Å². The number of rotatable bonds is 9. The fraction of sp³-hybridized carbons (Fsp3) is 0.500. The molecule has 0 N–H and O–H groups in total. The van der Waals surface area contributed by atoms with Crippen LogP contribution in [-0.2, 0) is 0 Å². The number of halogens is 2. The molecule has 0 amide bonds. The highest BCUT2D eigenvalue weighted by molar-refractivity contribution is 5.23. The van der Waals surface area contributed by atoms with Crippen molar-refractivity contribution in [3.8, 4) is 0 Å². The minimum atomic E-state index is -0.377. The van der Waals surface area contributed by atoms with Crippen molar-refractivity contribution in [2.45, 2.75) is 80.6 Å². The summed E-state index contributed by atoms with van der Waals surface area (Å²) in [7, 11) is 0. The van der Waals surface area contributed by atoms with Crippen LogP contribution in [0.25, 0.3) is 0 Å². The highest BCUT2D eigenvalue weighted by atomic mass is 19.1. The fourth-order valence-corrected chi connectivity index (χ4v) is 1.84. The van der Waals surface area contributed by atoms with Crippen molar-refractivity contribution in [3.63, 3.8) is 0 Å². The van der Waals surface area contributed by atoms with E-state index in [0.717, 1.165) is 17.9 Å². The van der Waals surface area contributed by atoms with E-state index in [0.29, 0.717) is 0 Å². The Morgan fingerprint density at radius 1 is 0.933 bits per heavy atom. The molecule has 1 aliphatic rings. The molecule has 1 atom stereocenters. The molecule has 30 heavy (non-hydrogen) atoms. The molecule has 1 saturated carbocycles. The SMILES string of the molecule is C=C(/C=C\C=C(/C)C1CC1)CC.C=C(C)C(C)/C=C(F)/C=C\C=C(\C)F.CCCC. The molecule has 0 radical (unpaired) electrons. The van der Waals surface area contributed by atoms with Crippen LogP contribution >= 0.6 is 0 Å². The van der Waals surface area contributed by atoms with Crippen LogP contribution in [-0.4, -0.2) is 0 Å². The lowest BCUT2D eigenvalue weighted by Crippen LogP contribution is -1.89. The van der Waals surface area contributed by atoms with Gasteiger partial charge in [0.1, 0.15) is 5.83 Å². The van der Waals surface area contributed by atoms with Gasteiger partial charge in [0, 0.05) is 0 Å². The Kier molecular flexibility index (Phi) is 19.2. The Balaban J connectivity index is 0. The lowest BCUT2D eigenvalue weighted by molar-refractivity contribution is 0.639. The van der Waals surface area contributed by atoms with E-state index in [9.17, 15) is 8.78 Å². The lowest BCUT2D eigenvalue weighted by atomic mass is 10.0. The van der Waals surface area contributed by atoms with Crippen LogP contribution in [0.1, 0.15) is 80.6 Å². The van der Waals surface area contributed by atoms with Crippen molar-refractivity contribution in [2.24, 2.45) is 11.8 Å². The summed E-state index contributed by atoms with van der Waals surface area (Å²) in [5, 5.41) is 0. The molecular formula is C28H44F2. The normalized spacial score (nSPS) is 16.0. The molecule has 0 heterocycles. The summed E-state index contributed by atoms with van der Waals surface area (Å²) >= 11 is 0. The predicted octanol–water partition coefficient (Wildman–Crippen LogP) is 10.2. The summed E-state index contributed by atoms with van der Waals surface area (Å²) in [6.07, 6.45) is 18.1. The Bertz CT molecular complexity index is 632. The van der Waals surface area contributed by atoms with Gasteiger partial charge in [0.2, 0.25) is 0 Å². The van der Waals surface area contributed by atoms with Crippen molar-refractivity contribution >= 4 is 0 Å². The Labute approximate surface area is 185 Å². The van der Waals surface area contributed by atoms with Crippen LogP contribution in [0.2, 0.25) is 0 Å². The third-order valence-electron chi connectivity index (χ3n) is 4.63. The van der Waals surface area contributed by atoms with E-state index in [1.54, 1.807) is 0 Å². The molecule has 0 spiro atoms. The molecule has 0 nitrogen and oxygen atoms in total. The third-order valence-corrected chi connectivity index (χ3v) is 4.63. The largest absolute Gasteiger partial charge is 0.212 e. The first-order valence-electron chi connectivity index (χ1n) is 11.1. The Hall–Kier alpha value is -1.96. The van der Waals surface area contributed by atoms with Crippen LogP contribution in [0.3, 0.4) is 0 Å². The highest BCUT2D eigenvalue weighted by Gasteiger charge is 2.21. The van der Waals surface area contributed by atoms with E-state index in [2.05, 4.69) is 59.1 Å². The van der Waals surface area contributed by atoms with Crippen molar-refractivity contribution < 1.29 is 8.78 Å². The maximum absolute atomic E-state index is 13.0. The number of allylic oxidation sites excluding steroid dienone is 12. The van der Waals surface area contributed by atoms with Crippen LogP contribution in [0.4, 0.5) is 8.78 Å².